The summed E-state index contributed by atoms with van der Waals surface area (Å²) in [5.74, 6) is 0.452. The van der Waals surface area contributed by atoms with Gasteiger partial charge in [0, 0.05) is 31.2 Å². The van der Waals surface area contributed by atoms with Crippen LogP contribution >= 0.6 is 0 Å². The predicted molar refractivity (Wildman–Crippen MR) is 96.6 cm³/mol. The molecule has 4 N–H and O–H groups in total. The van der Waals surface area contributed by atoms with Crippen LogP contribution in [0.15, 0.2) is 55.1 Å². The number of pyridine rings is 1. The number of hydrogen-bond acceptors (Lipinski definition) is 7. The van der Waals surface area contributed by atoms with E-state index >= 15 is 0 Å². The van der Waals surface area contributed by atoms with Crippen molar-refractivity contribution in [3.63, 3.8) is 0 Å². The Kier molecular flexibility index (Phi) is 5.00. The molecule has 0 aliphatic rings. The zero-order valence-electron chi connectivity index (χ0n) is 13.7. The van der Waals surface area contributed by atoms with Crippen molar-refractivity contribution >= 4 is 23.2 Å². The lowest BCUT2D eigenvalue weighted by Gasteiger charge is -2.12. The molecular formula is C18H15N7O. The van der Waals surface area contributed by atoms with Gasteiger partial charge in [0.1, 0.15) is 11.6 Å². The summed E-state index contributed by atoms with van der Waals surface area (Å²) in [6, 6.07) is 10.9. The van der Waals surface area contributed by atoms with Gasteiger partial charge in [-0.15, -0.1) is 0 Å². The fraction of sp³-hybridized carbons (Fsp3) is 0.0556. The molecule has 0 spiro atoms. The van der Waals surface area contributed by atoms with Gasteiger partial charge in [0.25, 0.3) is 5.91 Å². The second kappa shape index (κ2) is 7.72. The van der Waals surface area contributed by atoms with E-state index < -0.39 is 5.91 Å². The standard InChI is InChI=1S/C18H15N7O/c19-8-12-1-3-13(4-2-12)9-23-15-7-16(24-10-14(15)18(20)26)25-17-11-21-5-6-22-17/h1-7,10-11H,9H2,(H2,20,26)(H2,22,23,24,25). The Morgan fingerprint density at radius 3 is 2.58 bits per heavy atom. The van der Waals surface area contributed by atoms with Gasteiger partial charge in [-0.3, -0.25) is 9.78 Å². The Bertz CT molecular complexity index is 950. The largest absolute Gasteiger partial charge is 0.380 e. The van der Waals surface area contributed by atoms with Gasteiger partial charge in [0.15, 0.2) is 0 Å². The summed E-state index contributed by atoms with van der Waals surface area (Å²) in [7, 11) is 0. The number of primary amides is 1. The van der Waals surface area contributed by atoms with Crippen molar-refractivity contribution in [1.82, 2.24) is 15.0 Å². The van der Waals surface area contributed by atoms with Crippen LogP contribution in [0.2, 0.25) is 0 Å². The first-order chi connectivity index (χ1) is 12.7. The van der Waals surface area contributed by atoms with Gasteiger partial charge in [-0.25, -0.2) is 9.97 Å². The van der Waals surface area contributed by atoms with Crippen LogP contribution in [0, 0.1) is 11.3 Å². The molecule has 8 nitrogen and oxygen atoms in total. The van der Waals surface area contributed by atoms with E-state index in [1.165, 1.54) is 6.20 Å². The van der Waals surface area contributed by atoms with Crippen LogP contribution in [0.5, 0.6) is 0 Å². The SMILES string of the molecule is N#Cc1ccc(CNc2cc(Nc3cnccn3)ncc2C(N)=O)cc1. The van der Waals surface area contributed by atoms with Crippen LogP contribution in [0.25, 0.3) is 0 Å². The maximum atomic E-state index is 11.6. The van der Waals surface area contributed by atoms with Crippen LogP contribution in [0.4, 0.5) is 17.3 Å². The number of nitrogens with zero attached hydrogens (tertiary/aromatic N) is 4. The molecule has 1 amide bonds. The lowest BCUT2D eigenvalue weighted by Crippen LogP contribution is -2.15. The maximum absolute atomic E-state index is 11.6. The minimum Gasteiger partial charge on any atom is -0.380 e. The molecule has 2 aromatic heterocycles. The number of anilines is 3. The molecule has 0 aliphatic carbocycles. The molecule has 26 heavy (non-hydrogen) atoms. The Balaban J connectivity index is 1.79. The van der Waals surface area contributed by atoms with Gasteiger partial charge in [-0.1, -0.05) is 12.1 Å². The monoisotopic (exact) mass is 345 g/mol. The van der Waals surface area contributed by atoms with Crippen molar-refractivity contribution in [1.29, 1.82) is 5.26 Å². The normalized spacial score (nSPS) is 9.96. The Morgan fingerprint density at radius 2 is 1.92 bits per heavy atom. The number of amides is 1. The molecule has 0 radical (unpaired) electrons. The molecule has 0 aliphatic heterocycles. The number of hydrogen-bond donors (Lipinski definition) is 3. The van der Waals surface area contributed by atoms with Crippen molar-refractivity contribution in [2.75, 3.05) is 10.6 Å². The van der Waals surface area contributed by atoms with Gasteiger partial charge in [0.05, 0.1) is 29.1 Å². The number of rotatable bonds is 6. The number of benzene rings is 1. The highest BCUT2D eigenvalue weighted by Gasteiger charge is 2.11. The highest BCUT2D eigenvalue weighted by molar-refractivity contribution is 5.98. The van der Waals surface area contributed by atoms with Crippen molar-refractivity contribution < 1.29 is 4.79 Å². The zero-order chi connectivity index (χ0) is 18.4. The molecule has 0 saturated carbocycles. The van der Waals surface area contributed by atoms with Crippen LogP contribution in [-0.2, 0) is 6.54 Å². The smallest absolute Gasteiger partial charge is 0.252 e. The summed E-state index contributed by atoms with van der Waals surface area (Å²) >= 11 is 0. The molecule has 2 heterocycles. The number of aromatic nitrogens is 3. The summed E-state index contributed by atoms with van der Waals surface area (Å²) < 4.78 is 0. The molecule has 128 valence electrons. The average Bonchev–Trinajstić information content (AvgIpc) is 2.67. The third-order valence-electron chi connectivity index (χ3n) is 3.55. The molecule has 0 unspecified atom stereocenters. The lowest BCUT2D eigenvalue weighted by atomic mass is 10.1. The first-order valence-corrected chi connectivity index (χ1v) is 7.71. The van der Waals surface area contributed by atoms with Gasteiger partial charge in [-0.2, -0.15) is 5.26 Å². The summed E-state index contributed by atoms with van der Waals surface area (Å²) in [4.78, 5) is 23.9. The minimum absolute atomic E-state index is 0.281. The number of nitrogens with two attached hydrogens (primary N) is 1. The molecule has 0 bridgehead atoms. The first kappa shape index (κ1) is 16.9. The Hall–Kier alpha value is -3.99. The quantitative estimate of drug-likeness (QED) is 0.624. The van der Waals surface area contributed by atoms with Crippen LogP contribution in [0.3, 0.4) is 0 Å². The zero-order valence-corrected chi connectivity index (χ0v) is 13.7. The first-order valence-electron chi connectivity index (χ1n) is 7.71. The summed E-state index contributed by atoms with van der Waals surface area (Å²) in [6.45, 7) is 0.459. The van der Waals surface area contributed by atoms with Gasteiger partial charge in [-0.05, 0) is 17.7 Å². The summed E-state index contributed by atoms with van der Waals surface area (Å²) in [6.07, 6.45) is 6.10. The van der Waals surface area contributed by atoms with Crippen LogP contribution in [0.1, 0.15) is 21.5 Å². The molecule has 3 rings (SSSR count). The highest BCUT2D eigenvalue weighted by Crippen LogP contribution is 2.21. The van der Waals surface area contributed by atoms with E-state index in [1.807, 2.05) is 12.1 Å². The number of carbonyl (C=O) groups excluding carboxylic acids is 1. The average molecular weight is 345 g/mol. The second-order valence-electron chi connectivity index (χ2n) is 5.36. The van der Waals surface area contributed by atoms with E-state index in [-0.39, 0.29) is 5.56 Å². The molecule has 0 saturated heterocycles. The summed E-state index contributed by atoms with van der Waals surface area (Å²) in [5, 5.41) is 15.0. The molecule has 0 fully saturated rings. The third kappa shape index (κ3) is 4.10. The van der Waals surface area contributed by atoms with E-state index in [2.05, 4.69) is 31.7 Å². The number of carbonyl (C=O) groups is 1. The molecule has 3 aromatic rings. The van der Waals surface area contributed by atoms with Crippen molar-refractivity contribution in [2.24, 2.45) is 5.73 Å². The van der Waals surface area contributed by atoms with Gasteiger partial charge < -0.3 is 16.4 Å². The van der Waals surface area contributed by atoms with Crippen LogP contribution in [-0.4, -0.2) is 20.9 Å². The van der Waals surface area contributed by atoms with Gasteiger partial charge >= 0.3 is 0 Å². The minimum atomic E-state index is -0.578. The van der Waals surface area contributed by atoms with E-state index in [1.54, 1.807) is 36.8 Å². The predicted octanol–water partition coefficient (Wildman–Crippen LogP) is 2.20. The van der Waals surface area contributed by atoms with Crippen molar-refractivity contribution in [3.05, 3.63) is 71.8 Å². The fourth-order valence-corrected chi connectivity index (χ4v) is 2.26. The molecule has 8 heteroatoms. The number of nitriles is 1. The van der Waals surface area contributed by atoms with Gasteiger partial charge in [0.2, 0.25) is 0 Å². The van der Waals surface area contributed by atoms with Crippen LogP contribution < -0.4 is 16.4 Å². The Morgan fingerprint density at radius 1 is 1.12 bits per heavy atom. The fourth-order valence-electron chi connectivity index (χ4n) is 2.26. The van der Waals surface area contributed by atoms with E-state index in [9.17, 15) is 4.79 Å². The van der Waals surface area contributed by atoms with E-state index in [4.69, 9.17) is 11.0 Å². The Labute approximate surface area is 149 Å². The molecule has 1 aromatic carbocycles. The summed E-state index contributed by atoms with van der Waals surface area (Å²) in [5.41, 5.74) is 7.80. The lowest BCUT2D eigenvalue weighted by molar-refractivity contribution is 0.100. The van der Waals surface area contributed by atoms with E-state index in [0.29, 0.717) is 29.4 Å². The third-order valence-corrected chi connectivity index (χ3v) is 3.55. The number of nitrogens with one attached hydrogen (secondary N) is 2. The van der Waals surface area contributed by atoms with E-state index in [0.717, 1.165) is 5.56 Å². The highest BCUT2D eigenvalue weighted by atomic mass is 16.1. The maximum Gasteiger partial charge on any atom is 0.252 e. The topological polar surface area (TPSA) is 130 Å². The molecular weight excluding hydrogens is 330 g/mol. The molecule has 0 atom stereocenters. The second-order valence-corrected chi connectivity index (χ2v) is 5.36. The van der Waals surface area contributed by atoms with Crippen molar-refractivity contribution in [3.8, 4) is 6.07 Å². The van der Waals surface area contributed by atoms with Crippen molar-refractivity contribution in [2.45, 2.75) is 6.54 Å².